The summed E-state index contributed by atoms with van der Waals surface area (Å²) in [6.07, 6.45) is 8.53. The quantitative estimate of drug-likeness (QED) is 0.358. The maximum atomic E-state index is 12.4. The Balaban J connectivity index is 1.73. The summed E-state index contributed by atoms with van der Waals surface area (Å²) >= 11 is 0. The number of rotatable bonds is 9. The largest absolute Gasteiger partial charge is 0.481 e. The average molecular weight is 447 g/mol. The SMILES string of the molecule is C#CCC(Cc1cnc2nc(N)nc(N)c2n1)c1ccc(C(=O)NC(C)CCC(=O)O)cc1. The van der Waals surface area contributed by atoms with E-state index in [4.69, 9.17) is 23.0 Å². The molecule has 33 heavy (non-hydrogen) atoms. The molecule has 170 valence electrons. The third kappa shape index (κ3) is 6.13. The second-order valence-corrected chi connectivity index (χ2v) is 7.74. The molecule has 0 aliphatic carbocycles. The van der Waals surface area contributed by atoms with Crippen molar-refractivity contribution in [2.75, 3.05) is 11.5 Å². The standard InChI is InChI=1S/C23H25N7O3/c1-3-4-16(11-17-12-26-21-19(28-17)20(24)29-23(25)30-21)14-6-8-15(9-7-14)22(33)27-13(2)5-10-18(31)32/h1,6-9,12-13,16H,4-5,10-11H2,2H3,(H,27,33)(H,31,32)(H4,24,25,26,29,30). The van der Waals surface area contributed by atoms with E-state index in [9.17, 15) is 9.59 Å². The number of fused-ring (bicyclic) bond motifs is 1. The molecule has 0 saturated heterocycles. The molecule has 10 nitrogen and oxygen atoms in total. The van der Waals surface area contributed by atoms with E-state index in [1.807, 2.05) is 12.1 Å². The number of anilines is 2. The van der Waals surface area contributed by atoms with E-state index in [1.165, 1.54) is 0 Å². The number of carboxylic acids is 1. The van der Waals surface area contributed by atoms with E-state index >= 15 is 0 Å². The summed E-state index contributed by atoms with van der Waals surface area (Å²) < 4.78 is 0. The van der Waals surface area contributed by atoms with Gasteiger partial charge in [0.15, 0.2) is 17.0 Å². The maximum Gasteiger partial charge on any atom is 0.303 e. The van der Waals surface area contributed by atoms with Gasteiger partial charge in [-0.2, -0.15) is 9.97 Å². The van der Waals surface area contributed by atoms with Crippen LogP contribution in [0.25, 0.3) is 11.2 Å². The summed E-state index contributed by atoms with van der Waals surface area (Å²) in [6, 6.07) is 6.90. The van der Waals surface area contributed by atoms with Gasteiger partial charge in [0, 0.05) is 30.4 Å². The number of nitrogens with two attached hydrogens (primary N) is 2. The van der Waals surface area contributed by atoms with Crippen LogP contribution in [0.4, 0.5) is 11.8 Å². The van der Waals surface area contributed by atoms with Crippen molar-refractivity contribution in [1.82, 2.24) is 25.3 Å². The Labute approximate surface area is 190 Å². The molecule has 0 aliphatic heterocycles. The van der Waals surface area contributed by atoms with Gasteiger partial charge in [-0.15, -0.1) is 12.3 Å². The number of hydrogen-bond acceptors (Lipinski definition) is 8. The van der Waals surface area contributed by atoms with E-state index in [0.29, 0.717) is 41.7 Å². The molecule has 0 radical (unpaired) electrons. The summed E-state index contributed by atoms with van der Waals surface area (Å²) in [7, 11) is 0. The number of carbonyl (C=O) groups is 2. The lowest BCUT2D eigenvalue weighted by molar-refractivity contribution is -0.137. The number of aromatic nitrogens is 4. The summed E-state index contributed by atoms with van der Waals surface area (Å²) in [6.45, 7) is 1.77. The average Bonchev–Trinajstić information content (AvgIpc) is 2.78. The minimum Gasteiger partial charge on any atom is -0.481 e. The maximum absolute atomic E-state index is 12.4. The zero-order valence-corrected chi connectivity index (χ0v) is 18.2. The molecule has 3 rings (SSSR count). The second-order valence-electron chi connectivity index (χ2n) is 7.74. The molecule has 1 aromatic carbocycles. The molecule has 6 N–H and O–H groups in total. The third-order valence-electron chi connectivity index (χ3n) is 5.13. The van der Waals surface area contributed by atoms with E-state index in [1.54, 1.807) is 25.3 Å². The van der Waals surface area contributed by atoms with Gasteiger partial charge in [0.2, 0.25) is 5.95 Å². The van der Waals surface area contributed by atoms with Crippen molar-refractivity contribution in [3.63, 3.8) is 0 Å². The number of benzene rings is 1. The van der Waals surface area contributed by atoms with Crippen LogP contribution < -0.4 is 16.8 Å². The first kappa shape index (κ1) is 23.4. The number of nitrogens with one attached hydrogen (secondary N) is 1. The van der Waals surface area contributed by atoms with Gasteiger partial charge >= 0.3 is 5.97 Å². The van der Waals surface area contributed by atoms with Gasteiger partial charge in [-0.3, -0.25) is 9.59 Å². The second kappa shape index (κ2) is 10.4. The first-order valence-electron chi connectivity index (χ1n) is 10.4. The highest BCUT2D eigenvalue weighted by Gasteiger charge is 2.16. The fourth-order valence-electron chi connectivity index (χ4n) is 3.41. The van der Waals surface area contributed by atoms with Gasteiger partial charge in [0.1, 0.15) is 0 Å². The van der Waals surface area contributed by atoms with Crippen molar-refractivity contribution in [3.8, 4) is 12.3 Å². The number of carboxylic acid groups (broad SMARTS) is 1. The highest BCUT2D eigenvalue weighted by Crippen LogP contribution is 2.25. The lowest BCUT2D eigenvalue weighted by atomic mass is 9.91. The van der Waals surface area contributed by atoms with E-state index in [-0.39, 0.29) is 36.1 Å². The highest BCUT2D eigenvalue weighted by molar-refractivity contribution is 5.94. The van der Waals surface area contributed by atoms with Crippen molar-refractivity contribution in [3.05, 3.63) is 47.3 Å². The van der Waals surface area contributed by atoms with Crippen molar-refractivity contribution in [2.45, 2.75) is 44.6 Å². The van der Waals surface area contributed by atoms with Crippen LogP contribution in [0.3, 0.4) is 0 Å². The lowest BCUT2D eigenvalue weighted by Gasteiger charge is -2.16. The number of amides is 1. The van der Waals surface area contributed by atoms with Gasteiger partial charge in [-0.25, -0.2) is 9.97 Å². The summed E-state index contributed by atoms with van der Waals surface area (Å²) in [4.78, 5) is 39.9. The van der Waals surface area contributed by atoms with Crippen molar-refractivity contribution < 1.29 is 14.7 Å². The fourth-order valence-corrected chi connectivity index (χ4v) is 3.41. The Morgan fingerprint density at radius 1 is 1.18 bits per heavy atom. The number of nitrogen functional groups attached to an aromatic ring is 2. The predicted molar refractivity (Wildman–Crippen MR) is 124 cm³/mol. The summed E-state index contributed by atoms with van der Waals surface area (Å²) in [5.41, 5.74) is 14.3. The first-order valence-corrected chi connectivity index (χ1v) is 10.4. The van der Waals surface area contributed by atoms with Crippen LogP contribution in [0.15, 0.2) is 30.5 Å². The van der Waals surface area contributed by atoms with Crippen molar-refractivity contribution >= 4 is 34.8 Å². The van der Waals surface area contributed by atoms with Crippen LogP contribution in [0.1, 0.15) is 53.7 Å². The van der Waals surface area contributed by atoms with Crippen LogP contribution in [-0.2, 0) is 11.2 Å². The third-order valence-corrected chi connectivity index (χ3v) is 5.13. The molecule has 0 bridgehead atoms. The Kier molecular flexibility index (Phi) is 7.35. The predicted octanol–water partition coefficient (Wildman–Crippen LogP) is 1.92. The molecule has 0 spiro atoms. The Bertz CT molecular complexity index is 1210. The molecule has 10 heteroatoms. The molecular formula is C23H25N7O3. The van der Waals surface area contributed by atoms with Crippen LogP contribution in [-0.4, -0.2) is 43.0 Å². The molecular weight excluding hydrogens is 422 g/mol. The van der Waals surface area contributed by atoms with Gasteiger partial charge in [-0.1, -0.05) is 12.1 Å². The summed E-state index contributed by atoms with van der Waals surface area (Å²) in [5, 5.41) is 11.6. The monoisotopic (exact) mass is 447 g/mol. The first-order chi connectivity index (χ1) is 15.8. The zero-order chi connectivity index (χ0) is 24.0. The normalized spacial score (nSPS) is 12.6. The Morgan fingerprint density at radius 3 is 2.58 bits per heavy atom. The fraction of sp³-hybridized carbons (Fsp3) is 0.304. The van der Waals surface area contributed by atoms with E-state index in [2.05, 4.69) is 31.2 Å². The topological polar surface area (TPSA) is 170 Å². The van der Waals surface area contributed by atoms with E-state index < -0.39 is 5.97 Å². The van der Waals surface area contributed by atoms with Gasteiger partial charge in [-0.05, 0) is 37.5 Å². The van der Waals surface area contributed by atoms with Gasteiger partial charge in [0.05, 0.1) is 11.9 Å². The Morgan fingerprint density at radius 2 is 1.91 bits per heavy atom. The minimum absolute atomic E-state index is 0.00300. The minimum atomic E-state index is -0.893. The number of nitrogens with zero attached hydrogens (tertiary/aromatic N) is 4. The number of terminal acetylenes is 1. The van der Waals surface area contributed by atoms with Crippen LogP contribution in [0.5, 0.6) is 0 Å². The Hall–Kier alpha value is -4.26. The molecule has 0 saturated carbocycles. The number of hydrogen-bond donors (Lipinski definition) is 4. The summed E-state index contributed by atoms with van der Waals surface area (Å²) in [5.74, 6) is 1.68. The smallest absolute Gasteiger partial charge is 0.303 e. The molecule has 0 fully saturated rings. The molecule has 3 aromatic rings. The van der Waals surface area contributed by atoms with Crippen LogP contribution in [0, 0.1) is 12.3 Å². The van der Waals surface area contributed by atoms with Gasteiger partial charge < -0.3 is 21.9 Å². The molecule has 1 amide bonds. The molecule has 2 unspecified atom stereocenters. The van der Waals surface area contributed by atoms with Crippen molar-refractivity contribution in [1.29, 1.82) is 0 Å². The molecule has 2 atom stereocenters. The van der Waals surface area contributed by atoms with E-state index in [0.717, 1.165) is 5.56 Å². The zero-order valence-electron chi connectivity index (χ0n) is 18.2. The van der Waals surface area contributed by atoms with Gasteiger partial charge in [0.25, 0.3) is 5.91 Å². The van der Waals surface area contributed by atoms with Crippen LogP contribution >= 0.6 is 0 Å². The number of aliphatic carboxylic acids is 1. The van der Waals surface area contributed by atoms with Crippen LogP contribution in [0.2, 0.25) is 0 Å². The molecule has 2 aromatic heterocycles. The van der Waals surface area contributed by atoms with Crippen molar-refractivity contribution in [2.24, 2.45) is 0 Å². The molecule has 2 heterocycles. The highest BCUT2D eigenvalue weighted by atomic mass is 16.4. The lowest BCUT2D eigenvalue weighted by Crippen LogP contribution is -2.32. The molecule has 0 aliphatic rings. The number of carbonyl (C=O) groups excluding carboxylic acids is 1.